The summed E-state index contributed by atoms with van der Waals surface area (Å²) >= 11 is 0. The van der Waals surface area contributed by atoms with Crippen LogP contribution in [0.2, 0.25) is 0 Å². The van der Waals surface area contributed by atoms with E-state index in [2.05, 4.69) is 30.9 Å². The molecule has 0 radical (unpaired) electrons. The fraction of sp³-hybridized carbons (Fsp3) is 0.677. The second kappa shape index (κ2) is 7.76. The quantitative estimate of drug-likeness (QED) is 0.333. The van der Waals surface area contributed by atoms with Crippen molar-refractivity contribution < 1.29 is 34.0 Å². The Morgan fingerprint density at radius 2 is 2.05 bits per heavy atom. The Labute approximate surface area is 223 Å². The van der Waals surface area contributed by atoms with E-state index in [9.17, 15) is 19.8 Å². The van der Waals surface area contributed by atoms with Crippen molar-refractivity contribution in [2.75, 3.05) is 13.2 Å². The number of fused-ring (bicyclic) bond motifs is 7. The molecule has 0 saturated heterocycles. The summed E-state index contributed by atoms with van der Waals surface area (Å²) in [4.78, 5) is 25.0. The molecule has 6 bridgehead atoms. The largest absolute Gasteiger partial charge is 0.492 e. The maximum Gasteiger partial charge on any atom is 0.331 e. The molecule has 7 aliphatic rings. The number of carbonyl (C=O) groups is 2. The Morgan fingerprint density at radius 1 is 1.21 bits per heavy atom. The Hall–Kier alpha value is -2.56. The smallest absolute Gasteiger partial charge is 0.331 e. The minimum atomic E-state index is -1.17. The molecule has 202 valence electrons. The first-order valence-electron chi connectivity index (χ1n) is 14.1. The minimum Gasteiger partial charge on any atom is -0.492 e. The van der Waals surface area contributed by atoms with Gasteiger partial charge in [0, 0.05) is 24.8 Å². The SMILES string of the molecule is CC12C#CCCC(=O)OC(C1)C13C4=COC2(CCC2=CC(=O)OC2)C1(CO)C(O)CCC3(C)C1C=CC4C1. The van der Waals surface area contributed by atoms with Crippen LogP contribution in [0.3, 0.4) is 0 Å². The third-order valence-corrected chi connectivity index (χ3v) is 11.8. The zero-order valence-corrected chi connectivity index (χ0v) is 22.1. The standard InChI is InChI=1S/C31H36O7/c1-27-10-4-3-5-25(34)38-24(15-27)31-22-17-37-30(27,12-8-19-13-26(35)36-16-19)29(31,18-32)23(33)9-11-28(31,2)21-7-6-20(22)14-21/h6-7,13,17,20-21,23-24,32-33H,3,5,8-9,11-12,14-16,18H2,1-2H3. The van der Waals surface area contributed by atoms with Gasteiger partial charge in [0.05, 0.1) is 41.6 Å². The van der Waals surface area contributed by atoms with Gasteiger partial charge in [-0.15, -0.1) is 5.92 Å². The third-order valence-electron chi connectivity index (χ3n) is 11.8. The Kier molecular flexibility index (Phi) is 5.00. The number of hydrogen-bond acceptors (Lipinski definition) is 7. The van der Waals surface area contributed by atoms with Gasteiger partial charge in [0.15, 0.2) is 0 Å². The van der Waals surface area contributed by atoms with E-state index in [4.69, 9.17) is 14.2 Å². The number of allylic oxidation sites excluding steroid dienone is 2. The lowest BCUT2D eigenvalue weighted by atomic mass is 9.27. The highest BCUT2D eigenvalue weighted by molar-refractivity contribution is 5.85. The highest BCUT2D eigenvalue weighted by atomic mass is 16.6. The molecule has 0 aromatic heterocycles. The lowest BCUT2D eigenvalue weighted by Gasteiger charge is -2.79. The average Bonchev–Trinajstić information content (AvgIpc) is 3.54. The maximum atomic E-state index is 13.2. The van der Waals surface area contributed by atoms with Crippen molar-refractivity contribution >= 4 is 11.9 Å². The maximum absolute atomic E-state index is 13.2. The summed E-state index contributed by atoms with van der Waals surface area (Å²) in [5.74, 6) is 6.46. The van der Waals surface area contributed by atoms with Gasteiger partial charge >= 0.3 is 11.9 Å². The molecule has 4 aliphatic carbocycles. The molecule has 3 fully saturated rings. The first-order chi connectivity index (χ1) is 18.2. The number of esters is 2. The molecule has 7 rings (SSSR count). The van der Waals surface area contributed by atoms with Crippen LogP contribution in [0, 0.1) is 45.3 Å². The van der Waals surface area contributed by atoms with E-state index in [1.165, 1.54) is 0 Å². The number of aliphatic hydroxyl groups excluding tert-OH is 2. The second-order valence-electron chi connectivity index (χ2n) is 13.0. The minimum absolute atomic E-state index is 0.104. The molecular formula is C31H36O7. The first-order valence-corrected chi connectivity index (χ1v) is 14.1. The van der Waals surface area contributed by atoms with Crippen LogP contribution in [-0.4, -0.2) is 53.2 Å². The van der Waals surface area contributed by atoms with Crippen molar-refractivity contribution in [1.82, 2.24) is 0 Å². The predicted octanol–water partition coefficient (Wildman–Crippen LogP) is 3.35. The molecule has 0 aromatic carbocycles. The Bertz CT molecular complexity index is 1270. The van der Waals surface area contributed by atoms with Gasteiger partial charge in [0.2, 0.25) is 0 Å². The zero-order chi connectivity index (χ0) is 26.6. The summed E-state index contributed by atoms with van der Waals surface area (Å²) in [7, 11) is 0. The molecule has 9 unspecified atom stereocenters. The van der Waals surface area contributed by atoms with E-state index in [-0.39, 0.29) is 48.8 Å². The molecule has 0 amide bonds. The van der Waals surface area contributed by atoms with Crippen LogP contribution < -0.4 is 0 Å². The third kappa shape index (κ3) is 2.55. The Morgan fingerprint density at radius 3 is 2.82 bits per heavy atom. The molecule has 7 heteroatoms. The normalized spacial score (nSPS) is 49.6. The molecule has 1 spiro atoms. The highest BCUT2D eigenvalue weighted by Crippen LogP contribution is 2.82. The fourth-order valence-electron chi connectivity index (χ4n) is 10.3. The molecule has 2 N–H and O–H groups in total. The molecule has 3 saturated carbocycles. The van der Waals surface area contributed by atoms with Crippen LogP contribution in [0.5, 0.6) is 0 Å². The summed E-state index contributed by atoms with van der Waals surface area (Å²) in [6.07, 6.45) is 10.8. The van der Waals surface area contributed by atoms with Gasteiger partial charge in [-0.05, 0) is 61.5 Å². The fourth-order valence-corrected chi connectivity index (χ4v) is 10.3. The second-order valence-corrected chi connectivity index (χ2v) is 13.0. The van der Waals surface area contributed by atoms with Gasteiger partial charge in [-0.1, -0.05) is 25.0 Å². The van der Waals surface area contributed by atoms with E-state index < -0.39 is 34.1 Å². The van der Waals surface area contributed by atoms with Crippen LogP contribution >= 0.6 is 0 Å². The van der Waals surface area contributed by atoms with Crippen molar-refractivity contribution in [2.24, 2.45) is 33.5 Å². The van der Waals surface area contributed by atoms with E-state index in [0.717, 1.165) is 24.0 Å². The van der Waals surface area contributed by atoms with Crippen molar-refractivity contribution in [3.63, 3.8) is 0 Å². The van der Waals surface area contributed by atoms with Crippen molar-refractivity contribution in [1.29, 1.82) is 0 Å². The molecule has 0 aromatic rings. The van der Waals surface area contributed by atoms with Gasteiger partial charge in [0.25, 0.3) is 0 Å². The lowest BCUT2D eigenvalue weighted by Crippen LogP contribution is -2.85. The van der Waals surface area contributed by atoms with Crippen molar-refractivity contribution in [3.05, 3.63) is 35.6 Å². The van der Waals surface area contributed by atoms with Gasteiger partial charge in [0.1, 0.15) is 18.3 Å². The number of aliphatic hydroxyl groups is 2. The number of ether oxygens (including phenoxy) is 3. The van der Waals surface area contributed by atoms with Crippen molar-refractivity contribution in [3.8, 4) is 11.8 Å². The zero-order valence-electron chi connectivity index (χ0n) is 22.1. The first kappa shape index (κ1) is 24.5. The number of cyclic esters (lactones) is 1. The predicted molar refractivity (Wildman–Crippen MR) is 136 cm³/mol. The van der Waals surface area contributed by atoms with Gasteiger partial charge in [-0.2, -0.15) is 0 Å². The summed E-state index contributed by atoms with van der Waals surface area (Å²) < 4.78 is 18.6. The summed E-state index contributed by atoms with van der Waals surface area (Å²) in [6, 6.07) is 0. The summed E-state index contributed by atoms with van der Waals surface area (Å²) in [5, 5.41) is 23.9. The van der Waals surface area contributed by atoms with Crippen LogP contribution in [-0.2, 0) is 23.8 Å². The number of hydrogen-bond donors (Lipinski definition) is 2. The van der Waals surface area contributed by atoms with E-state index >= 15 is 0 Å². The van der Waals surface area contributed by atoms with Gasteiger partial charge < -0.3 is 24.4 Å². The van der Waals surface area contributed by atoms with Crippen LogP contribution in [0.4, 0.5) is 0 Å². The van der Waals surface area contributed by atoms with Gasteiger partial charge in [-0.25, -0.2) is 4.79 Å². The molecular weight excluding hydrogens is 484 g/mol. The number of rotatable bonds is 4. The highest BCUT2D eigenvalue weighted by Gasteiger charge is 2.87. The summed E-state index contributed by atoms with van der Waals surface area (Å²) in [5.41, 5.74) is -2.34. The Balaban J connectivity index is 1.53. The topological polar surface area (TPSA) is 102 Å². The molecule has 9 atom stereocenters. The summed E-state index contributed by atoms with van der Waals surface area (Å²) in [6.45, 7) is 4.25. The molecule has 3 heterocycles. The van der Waals surface area contributed by atoms with E-state index in [1.54, 1.807) is 6.08 Å². The van der Waals surface area contributed by atoms with E-state index in [1.807, 2.05) is 13.2 Å². The molecule has 38 heavy (non-hydrogen) atoms. The number of carbonyl (C=O) groups excluding carboxylic acids is 2. The lowest BCUT2D eigenvalue weighted by molar-refractivity contribution is -0.368. The van der Waals surface area contributed by atoms with Crippen molar-refractivity contribution in [2.45, 2.75) is 83.0 Å². The average molecular weight is 521 g/mol. The molecule has 7 nitrogen and oxygen atoms in total. The van der Waals surface area contributed by atoms with Crippen LogP contribution in [0.1, 0.15) is 65.2 Å². The monoisotopic (exact) mass is 520 g/mol. The van der Waals surface area contributed by atoms with E-state index in [0.29, 0.717) is 32.1 Å². The van der Waals surface area contributed by atoms with Crippen LogP contribution in [0.15, 0.2) is 35.6 Å². The molecule has 3 aliphatic heterocycles. The van der Waals surface area contributed by atoms with Gasteiger partial charge in [-0.3, -0.25) is 4.79 Å². The van der Waals surface area contributed by atoms with Crippen LogP contribution in [0.25, 0.3) is 0 Å².